The van der Waals surface area contributed by atoms with E-state index in [1.165, 1.54) is 0 Å². The molecule has 0 aliphatic carbocycles. The van der Waals surface area contributed by atoms with Crippen molar-refractivity contribution in [2.45, 2.75) is 12.5 Å². The highest BCUT2D eigenvalue weighted by Gasteiger charge is 2.30. The highest BCUT2D eigenvalue weighted by molar-refractivity contribution is 5.98. The van der Waals surface area contributed by atoms with Gasteiger partial charge in [0.25, 0.3) is 0 Å². The van der Waals surface area contributed by atoms with Crippen LogP contribution < -0.4 is 16.4 Å². The fourth-order valence-electron chi connectivity index (χ4n) is 2.30. The lowest BCUT2D eigenvalue weighted by molar-refractivity contribution is -0.121. The van der Waals surface area contributed by atoms with E-state index < -0.39 is 5.54 Å². The maximum atomic E-state index is 12.5. The van der Waals surface area contributed by atoms with Crippen molar-refractivity contribution < 1.29 is 9.59 Å². The molecule has 0 aromatic heterocycles. The average Bonchev–Trinajstić information content (AvgIpc) is 2.56. The van der Waals surface area contributed by atoms with Gasteiger partial charge in [0.15, 0.2) is 0 Å². The van der Waals surface area contributed by atoms with Crippen molar-refractivity contribution in [3.8, 4) is 0 Å². The number of nitrogens with zero attached hydrogens (tertiary/aromatic N) is 1. The Hall–Kier alpha value is -2.12. The monoisotopic (exact) mass is 412 g/mol. The molecule has 2 amide bonds. The number of halogens is 2. The summed E-state index contributed by atoms with van der Waals surface area (Å²) in [4.78, 5) is 26.0. The smallest absolute Gasteiger partial charge is 0.248 e. The lowest BCUT2D eigenvalue weighted by Crippen LogP contribution is -2.45. The van der Waals surface area contributed by atoms with Gasteiger partial charge in [-0.25, -0.2) is 0 Å². The molecule has 8 heteroatoms. The summed E-state index contributed by atoms with van der Waals surface area (Å²) in [6.07, 6.45) is 0. The van der Waals surface area contributed by atoms with Crippen LogP contribution in [-0.2, 0) is 15.1 Å². The Balaban J connectivity index is 0.00000338. The number of amides is 2. The molecule has 0 saturated carbocycles. The summed E-state index contributed by atoms with van der Waals surface area (Å²) < 4.78 is 0. The van der Waals surface area contributed by atoms with Gasteiger partial charge < -0.3 is 21.3 Å². The third-order valence-electron chi connectivity index (χ3n) is 3.73. The van der Waals surface area contributed by atoms with Crippen molar-refractivity contribution in [1.29, 1.82) is 0 Å². The fourth-order valence-corrected chi connectivity index (χ4v) is 2.30. The van der Waals surface area contributed by atoms with Gasteiger partial charge in [-0.3, -0.25) is 9.59 Å². The van der Waals surface area contributed by atoms with Gasteiger partial charge in [0.2, 0.25) is 11.8 Å². The third-order valence-corrected chi connectivity index (χ3v) is 3.73. The topological polar surface area (TPSA) is 87.5 Å². The number of rotatable bonds is 6. The van der Waals surface area contributed by atoms with E-state index >= 15 is 0 Å². The zero-order chi connectivity index (χ0) is 18.4. The normalized spacial score (nSPS) is 12.2. The summed E-state index contributed by atoms with van der Waals surface area (Å²) in [5, 5.41) is 5.60. The molecule has 148 valence electrons. The van der Waals surface area contributed by atoms with E-state index in [9.17, 15) is 9.59 Å². The Morgan fingerprint density at radius 2 is 1.41 bits per heavy atom. The second-order valence-corrected chi connectivity index (χ2v) is 6.39. The summed E-state index contributed by atoms with van der Waals surface area (Å²) in [6.45, 7) is 1.98. The quantitative estimate of drug-likeness (QED) is 0.680. The van der Waals surface area contributed by atoms with Gasteiger partial charge in [-0.1, -0.05) is 30.3 Å². The number of anilines is 2. The number of benzene rings is 2. The van der Waals surface area contributed by atoms with E-state index in [1.807, 2.05) is 44.4 Å². The van der Waals surface area contributed by atoms with Crippen LogP contribution in [0.4, 0.5) is 11.4 Å². The Kier molecular flexibility index (Phi) is 10.0. The second kappa shape index (κ2) is 10.9. The maximum Gasteiger partial charge on any atom is 0.248 e. The zero-order valence-corrected chi connectivity index (χ0v) is 17.2. The van der Waals surface area contributed by atoms with E-state index in [0.29, 0.717) is 17.9 Å². The number of hydrogen-bond donors (Lipinski definition) is 3. The van der Waals surface area contributed by atoms with Crippen LogP contribution in [0.25, 0.3) is 0 Å². The first-order valence-corrected chi connectivity index (χ1v) is 7.99. The van der Waals surface area contributed by atoms with Gasteiger partial charge in [-0.2, -0.15) is 0 Å². The van der Waals surface area contributed by atoms with Crippen LogP contribution in [0.2, 0.25) is 0 Å². The number of likely N-dealkylation sites (N-methyl/N-ethyl adjacent to an activating group) is 1. The minimum absolute atomic E-state index is 0. The number of carbonyl (C=O) groups is 2. The molecule has 2 aromatic rings. The maximum absolute atomic E-state index is 12.5. The molecule has 6 nitrogen and oxygen atoms in total. The molecular formula is C19H26Cl2N4O2. The van der Waals surface area contributed by atoms with Crippen LogP contribution in [0.5, 0.6) is 0 Å². The Morgan fingerprint density at radius 3 is 1.89 bits per heavy atom. The minimum atomic E-state index is -1.14. The summed E-state index contributed by atoms with van der Waals surface area (Å²) in [5.41, 5.74) is 7.08. The Morgan fingerprint density at radius 1 is 0.926 bits per heavy atom. The van der Waals surface area contributed by atoms with Crippen LogP contribution in [0.1, 0.15) is 12.5 Å². The third kappa shape index (κ3) is 7.19. The van der Waals surface area contributed by atoms with E-state index in [0.717, 1.165) is 5.56 Å². The van der Waals surface area contributed by atoms with Gasteiger partial charge in [0, 0.05) is 11.4 Å². The largest absolute Gasteiger partial charge is 0.325 e. The van der Waals surface area contributed by atoms with Crippen molar-refractivity contribution in [3.63, 3.8) is 0 Å². The van der Waals surface area contributed by atoms with Crippen LogP contribution in [0.15, 0.2) is 54.6 Å². The molecule has 2 rings (SSSR count). The molecular weight excluding hydrogens is 387 g/mol. The average molecular weight is 413 g/mol. The first-order valence-electron chi connectivity index (χ1n) is 7.99. The number of hydrogen-bond acceptors (Lipinski definition) is 4. The van der Waals surface area contributed by atoms with Crippen molar-refractivity contribution in [2.75, 3.05) is 31.3 Å². The standard InChI is InChI=1S/C19H24N4O2.2ClH/c1-19(20,14-7-5-4-6-8-14)18(25)22-16-11-9-15(10-12-16)21-17(24)13-23(2)3;;/h4-12H,13,20H2,1-3H3,(H,21,24)(H,22,25);2*1H. The predicted octanol–water partition coefficient (Wildman–Crippen LogP) is 2.84. The molecule has 0 spiro atoms. The first-order chi connectivity index (χ1) is 11.8. The van der Waals surface area contributed by atoms with Gasteiger partial charge in [-0.05, 0) is 50.8 Å². The van der Waals surface area contributed by atoms with Gasteiger partial charge in [-0.15, -0.1) is 24.8 Å². The van der Waals surface area contributed by atoms with Gasteiger partial charge >= 0.3 is 0 Å². The van der Waals surface area contributed by atoms with Crippen LogP contribution >= 0.6 is 24.8 Å². The molecule has 4 N–H and O–H groups in total. The minimum Gasteiger partial charge on any atom is -0.325 e. The van der Waals surface area contributed by atoms with Gasteiger partial charge in [0.1, 0.15) is 5.54 Å². The van der Waals surface area contributed by atoms with Crippen molar-refractivity contribution in [1.82, 2.24) is 4.90 Å². The van der Waals surface area contributed by atoms with E-state index in [-0.39, 0.29) is 36.6 Å². The number of nitrogens with two attached hydrogens (primary N) is 1. The van der Waals surface area contributed by atoms with E-state index in [1.54, 1.807) is 36.1 Å². The summed E-state index contributed by atoms with van der Waals surface area (Å²) in [6, 6.07) is 16.1. The molecule has 0 fully saturated rings. The van der Waals surface area contributed by atoms with Crippen molar-refractivity contribution >= 4 is 48.0 Å². The van der Waals surface area contributed by atoms with Crippen LogP contribution in [0, 0.1) is 0 Å². The van der Waals surface area contributed by atoms with E-state index in [2.05, 4.69) is 10.6 Å². The zero-order valence-electron chi connectivity index (χ0n) is 15.6. The molecule has 0 aliphatic heterocycles. The molecule has 1 unspecified atom stereocenters. The van der Waals surface area contributed by atoms with Crippen molar-refractivity contribution in [3.05, 3.63) is 60.2 Å². The Labute approximate surface area is 172 Å². The molecule has 27 heavy (non-hydrogen) atoms. The molecule has 2 aromatic carbocycles. The molecule has 0 saturated heterocycles. The molecule has 0 bridgehead atoms. The summed E-state index contributed by atoms with van der Waals surface area (Å²) in [5.74, 6) is -0.400. The van der Waals surface area contributed by atoms with Crippen LogP contribution in [-0.4, -0.2) is 37.4 Å². The number of carbonyl (C=O) groups excluding carboxylic acids is 2. The van der Waals surface area contributed by atoms with Crippen LogP contribution in [0.3, 0.4) is 0 Å². The Bertz CT molecular complexity index is 735. The molecule has 1 atom stereocenters. The van der Waals surface area contributed by atoms with Gasteiger partial charge in [0.05, 0.1) is 6.54 Å². The molecule has 0 heterocycles. The summed E-state index contributed by atoms with van der Waals surface area (Å²) in [7, 11) is 3.66. The predicted molar refractivity (Wildman–Crippen MR) is 115 cm³/mol. The van der Waals surface area contributed by atoms with Crippen molar-refractivity contribution in [2.24, 2.45) is 5.73 Å². The SMILES string of the molecule is CN(C)CC(=O)Nc1ccc(NC(=O)C(C)(N)c2ccccc2)cc1.Cl.Cl. The second-order valence-electron chi connectivity index (χ2n) is 6.39. The highest BCUT2D eigenvalue weighted by atomic mass is 35.5. The lowest BCUT2D eigenvalue weighted by Gasteiger charge is -2.24. The highest BCUT2D eigenvalue weighted by Crippen LogP contribution is 2.21. The molecule has 0 aliphatic rings. The molecule has 0 radical (unpaired) electrons. The number of nitrogens with one attached hydrogen (secondary N) is 2. The first kappa shape index (κ1) is 24.9. The lowest BCUT2D eigenvalue weighted by atomic mass is 9.92. The van der Waals surface area contributed by atoms with E-state index in [4.69, 9.17) is 5.73 Å². The fraction of sp³-hybridized carbons (Fsp3) is 0.263. The summed E-state index contributed by atoms with van der Waals surface area (Å²) >= 11 is 0.